The van der Waals surface area contributed by atoms with E-state index < -0.39 is 6.03 Å². The second-order valence-corrected chi connectivity index (χ2v) is 6.41. The highest BCUT2D eigenvalue weighted by atomic mass is 79.9. The van der Waals surface area contributed by atoms with E-state index >= 15 is 0 Å². The first kappa shape index (κ1) is 17.2. The monoisotopic (exact) mass is 400 g/mol. The molecule has 1 aliphatic rings. The van der Waals surface area contributed by atoms with Gasteiger partial charge in [0.05, 0.1) is 0 Å². The zero-order valence-electron chi connectivity index (χ0n) is 13.7. The van der Waals surface area contributed by atoms with Gasteiger partial charge in [-0.1, -0.05) is 46.3 Å². The van der Waals surface area contributed by atoms with E-state index in [0.717, 1.165) is 20.5 Å². The van der Waals surface area contributed by atoms with E-state index in [0.29, 0.717) is 18.9 Å². The second-order valence-electron chi connectivity index (χ2n) is 5.49. The van der Waals surface area contributed by atoms with Crippen molar-refractivity contribution < 1.29 is 14.3 Å². The van der Waals surface area contributed by atoms with E-state index in [1.165, 1.54) is 0 Å². The van der Waals surface area contributed by atoms with Crippen molar-refractivity contribution in [3.05, 3.63) is 69.8 Å². The maximum atomic E-state index is 12.2. The number of nitrogens with zero attached hydrogens (tertiary/aromatic N) is 1. The number of hydrogen-bond acceptors (Lipinski definition) is 3. The molecule has 0 aromatic heterocycles. The fourth-order valence-electron chi connectivity index (χ4n) is 2.49. The van der Waals surface area contributed by atoms with Gasteiger partial charge in [-0.2, -0.15) is 0 Å². The van der Waals surface area contributed by atoms with Crippen LogP contribution in [0.4, 0.5) is 4.79 Å². The van der Waals surface area contributed by atoms with Crippen LogP contribution in [0.15, 0.2) is 58.7 Å². The number of para-hydroxylation sites is 1. The maximum absolute atomic E-state index is 12.2. The van der Waals surface area contributed by atoms with Crippen molar-refractivity contribution in [2.24, 2.45) is 0 Å². The van der Waals surface area contributed by atoms with Crippen LogP contribution in [0.25, 0.3) is 6.08 Å². The number of nitrogens with one attached hydrogen (secondary N) is 1. The predicted molar refractivity (Wildman–Crippen MR) is 98.8 cm³/mol. The average molecular weight is 401 g/mol. The largest absolute Gasteiger partial charge is 0.488 e. The molecule has 1 heterocycles. The van der Waals surface area contributed by atoms with Crippen molar-refractivity contribution in [2.75, 3.05) is 6.54 Å². The van der Waals surface area contributed by atoms with E-state index in [2.05, 4.69) is 21.2 Å². The number of imide groups is 1. The normalized spacial score (nSPS) is 15.6. The first-order valence-corrected chi connectivity index (χ1v) is 8.68. The van der Waals surface area contributed by atoms with Crippen molar-refractivity contribution in [2.45, 2.75) is 13.5 Å². The standard InChI is InChI=1S/C19H17BrN2O3/c1-2-22-18(23)16(21-19(22)24)11-14-5-3-4-6-17(14)25-12-13-7-9-15(20)10-8-13/h3-11H,2,12H2,1H3,(H,21,24)/b16-11+. The number of carbonyl (C=O) groups is 2. The molecule has 6 heteroatoms. The molecule has 2 aromatic carbocycles. The summed E-state index contributed by atoms with van der Waals surface area (Å²) in [6.45, 7) is 2.51. The molecule has 0 bridgehead atoms. The molecule has 0 radical (unpaired) electrons. The Kier molecular flexibility index (Phi) is 5.19. The summed E-state index contributed by atoms with van der Waals surface area (Å²) in [5.41, 5.74) is 2.03. The van der Waals surface area contributed by atoms with Gasteiger partial charge in [0.1, 0.15) is 18.1 Å². The molecule has 1 fully saturated rings. The summed E-state index contributed by atoms with van der Waals surface area (Å²) in [4.78, 5) is 25.1. The van der Waals surface area contributed by atoms with Crippen LogP contribution in [0, 0.1) is 0 Å². The van der Waals surface area contributed by atoms with Crippen LogP contribution in [-0.4, -0.2) is 23.4 Å². The van der Waals surface area contributed by atoms with Gasteiger partial charge >= 0.3 is 6.03 Å². The fraction of sp³-hybridized carbons (Fsp3) is 0.158. The van der Waals surface area contributed by atoms with Gasteiger partial charge < -0.3 is 10.1 Å². The number of likely N-dealkylation sites (N-methyl/N-ethyl adjacent to an activating group) is 1. The number of halogens is 1. The molecule has 0 saturated carbocycles. The van der Waals surface area contributed by atoms with Gasteiger partial charge in [-0.25, -0.2) is 4.79 Å². The first-order valence-electron chi connectivity index (χ1n) is 7.89. The average Bonchev–Trinajstić information content (AvgIpc) is 2.88. The van der Waals surface area contributed by atoms with E-state index in [1.54, 1.807) is 13.0 Å². The van der Waals surface area contributed by atoms with Gasteiger partial charge in [0.25, 0.3) is 5.91 Å². The van der Waals surface area contributed by atoms with Crippen LogP contribution >= 0.6 is 15.9 Å². The molecule has 5 nitrogen and oxygen atoms in total. The minimum Gasteiger partial charge on any atom is -0.488 e. The third-order valence-electron chi connectivity index (χ3n) is 3.80. The molecule has 0 aliphatic carbocycles. The van der Waals surface area contributed by atoms with Crippen LogP contribution in [0.2, 0.25) is 0 Å². The molecule has 0 unspecified atom stereocenters. The number of urea groups is 1. The summed E-state index contributed by atoms with van der Waals surface area (Å²) < 4.78 is 6.90. The van der Waals surface area contributed by atoms with Gasteiger partial charge in [0.15, 0.2) is 0 Å². The zero-order valence-corrected chi connectivity index (χ0v) is 15.2. The van der Waals surface area contributed by atoms with Crippen molar-refractivity contribution in [3.8, 4) is 5.75 Å². The van der Waals surface area contributed by atoms with E-state index in [9.17, 15) is 9.59 Å². The molecule has 25 heavy (non-hydrogen) atoms. The minimum atomic E-state index is -0.396. The Morgan fingerprint density at radius 1 is 1.12 bits per heavy atom. The third-order valence-corrected chi connectivity index (χ3v) is 4.33. The number of hydrogen-bond donors (Lipinski definition) is 1. The van der Waals surface area contributed by atoms with E-state index in [1.807, 2.05) is 48.5 Å². The van der Waals surface area contributed by atoms with Crippen LogP contribution in [0.3, 0.4) is 0 Å². The molecular weight excluding hydrogens is 384 g/mol. The Morgan fingerprint density at radius 2 is 1.84 bits per heavy atom. The van der Waals surface area contributed by atoms with Crippen molar-refractivity contribution in [1.82, 2.24) is 10.2 Å². The Balaban J connectivity index is 1.79. The van der Waals surface area contributed by atoms with Gasteiger partial charge in [0.2, 0.25) is 0 Å². The molecule has 0 atom stereocenters. The molecule has 1 N–H and O–H groups in total. The lowest BCUT2D eigenvalue weighted by Gasteiger charge is -2.10. The minimum absolute atomic E-state index is 0.256. The molecule has 1 aliphatic heterocycles. The summed E-state index contributed by atoms with van der Waals surface area (Å²) in [5, 5.41) is 2.60. The Labute approximate surface area is 154 Å². The van der Waals surface area contributed by atoms with Gasteiger partial charge in [-0.3, -0.25) is 9.69 Å². The number of amides is 3. The van der Waals surface area contributed by atoms with Crippen LogP contribution in [0.1, 0.15) is 18.1 Å². The SMILES string of the molecule is CCN1C(=O)N/C(=C/c2ccccc2OCc2ccc(Br)cc2)C1=O. The van der Waals surface area contributed by atoms with Crippen LogP contribution in [-0.2, 0) is 11.4 Å². The molecule has 3 rings (SSSR count). The molecule has 2 aromatic rings. The maximum Gasteiger partial charge on any atom is 0.328 e. The quantitative estimate of drug-likeness (QED) is 0.610. The summed E-state index contributed by atoms with van der Waals surface area (Å²) in [7, 11) is 0. The molecule has 128 valence electrons. The lowest BCUT2D eigenvalue weighted by Crippen LogP contribution is -2.30. The topological polar surface area (TPSA) is 58.6 Å². The Hall–Kier alpha value is -2.60. The smallest absolute Gasteiger partial charge is 0.328 e. The van der Waals surface area contributed by atoms with E-state index in [4.69, 9.17) is 4.74 Å². The summed E-state index contributed by atoms with van der Waals surface area (Å²) in [5.74, 6) is 0.324. The molecule has 3 amide bonds. The summed E-state index contributed by atoms with van der Waals surface area (Å²) in [6, 6.07) is 14.9. The lowest BCUT2D eigenvalue weighted by molar-refractivity contribution is -0.122. The molecular formula is C19H17BrN2O3. The second kappa shape index (κ2) is 7.53. The van der Waals surface area contributed by atoms with Crippen molar-refractivity contribution in [3.63, 3.8) is 0 Å². The highest BCUT2D eigenvalue weighted by Gasteiger charge is 2.32. The van der Waals surface area contributed by atoms with Crippen molar-refractivity contribution in [1.29, 1.82) is 0 Å². The Morgan fingerprint density at radius 3 is 2.52 bits per heavy atom. The van der Waals surface area contributed by atoms with E-state index in [-0.39, 0.29) is 11.6 Å². The summed E-state index contributed by atoms with van der Waals surface area (Å²) in [6.07, 6.45) is 1.65. The Bertz CT molecular complexity index is 831. The predicted octanol–water partition coefficient (Wildman–Crippen LogP) is 3.94. The third kappa shape index (κ3) is 3.91. The lowest BCUT2D eigenvalue weighted by atomic mass is 10.1. The summed E-state index contributed by atoms with van der Waals surface area (Å²) >= 11 is 3.40. The number of ether oxygens (including phenoxy) is 1. The number of rotatable bonds is 5. The highest BCUT2D eigenvalue weighted by molar-refractivity contribution is 9.10. The zero-order chi connectivity index (χ0) is 17.8. The van der Waals surface area contributed by atoms with Crippen LogP contribution in [0.5, 0.6) is 5.75 Å². The van der Waals surface area contributed by atoms with Gasteiger partial charge in [-0.05, 0) is 36.8 Å². The van der Waals surface area contributed by atoms with Crippen molar-refractivity contribution >= 4 is 33.9 Å². The molecule has 1 saturated heterocycles. The molecule has 0 spiro atoms. The van der Waals surface area contributed by atoms with Gasteiger partial charge in [-0.15, -0.1) is 0 Å². The van der Waals surface area contributed by atoms with Gasteiger partial charge in [0, 0.05) is 16.6 Å². The van der Waals surface area contributed by atoms with Crippen LogP contribution < -0.4 is 10.1 Å². The fourth-order valence-corrected chi connectivity index (χ4v) is 2.75. The first-order chi connectivity index (χ1) is 12.1. The number of carbonyl (C=O) groups excluding carboxylic acids is 2. The highest BCUT2D eigenvalue weighted by Crippen LogP contribution is 2.24. The number of benzene rings is 2.